The van der Waals surface area contributed by atoms with Crippen LogP contribution in [-0.2, 0) is 41.3 Å². The summed E-state index contributed by atoms with van der Waals surface area (Å²) in [6, 6.07) is 25.2. The van der Waals surface area contributed by atoms with Crippen molar-refractivity contribution in [2.24, 2.45) is 5.41 Å². The van der Waals surface area contributed by atoms with Gasteiger partial charge in [0, 0.05) is 54.2 Å². The van der Waals surface area contributed by atoms with E-state index >= 15 is 0 Å². The summed E-state index contributed by atoms with van der Waals surface area (Å²) in [5.74, 6) is -0.251. The summed E-state index contributed by atoms with van der Waals surface area (Å²) in [6.07, 6.45) is 4.76. The average Bonchev–Trinajstić information content (AvgIpc) is 3.91. The first kappa shape index (κ1) is 48.5. The summed E-state index contributed by atoms with van der Waals surface area (Å²) >= 11 is 0. The number of piperidine rings is 1. The number of fused-ring (bicyclic) bond motifs is 6. The molecule has 5 atom stereocenters. The number of carbonyl (C=O) groups excluding carboxylic acids is 1. The van der Waals surface area contributed by atoms with Gasteiger partial charge in [-0.1, -0.05) is 74.5 Å². The summed E-state index contributed by atoms with van der Waals surface area (Å²) in [5.41, 5.74) is 15.8. The molecule has 4 saturated heterocycles. The summed E-state index contributed by atoms with van der Waals surface area (Å²) in [4.78, 5) is 34.0. The number of pyridine rings is 1. The second kappa shape index (κ2) is 18.5. The van der Waals surface area contributed by atoms with E-state index in [9.17, 15) is 14.7 Å². The number of benzene rings is 3. The van der Waals surface area contributed by atoms with Crippen molar-refractivity contribution in [1.29, 1.82) is 0 Å². The molecule has 14 heteroatoms. The highest BCUT2D eigenvalue weighted by atomic mass is 16.7. The Labute approximate surface area is 413 Å². The molecule has 0 radical (unpaired) electrons. The SMILES string of the molecule is CCn1c(-c2cc([C@@H]3C[C@H]4COC[C@](CC5c6ccccc6-c6ccccc65)(C3)N4C(=O)O)cnc2[C@H](C)OC)c(CC(C)(C)COC(=O)C2CCCNN2)c2cc(B3OC(C)(C)C(C)(C)O3)ccc21. The van der Waals surface area contributed by atoms with Crippen LogP contribution in [0.1, 0.15) is 133 Å². The first-order valence-corrected chi connectivity index (χ1v) is 25.4. The number of ether oxygens (including phenoxy) is 3. The quantitative estimate of drug-likeness (QED) is 0.0767. The number of carboxylic acid groups (broad SMARTS) is 1. The van der Waals surface area contributed by atoms with E-state index in [1.165, 1.54) is 22.3 Å². The molecule has 0 saturated carbocycles. The van der Waals surface area contributed by atoms with Crippen LogP contribution in [0.4, 0.5) is 4.79 Å². The van der Waals surface area contributed by atoms with E-state index in [1.807, 2.05) is 13.1 Å². The van der Waals surface area contributed by atoms with Gasteiger partial charge in [-0.2, -0.15) is 0 Å². The number of carbonyl (C=O) groups is 2. The first-order valence-electron chi connectivity index (χ1n) is 25.4. The molecule has 4 fully saturated rings. The Morgan fingerprint density at radius 3 is 2.33 bits per heavy atom. The number of morpholine rings is 1. The van der Waals surface area contributed by atoms with Gasteiger partial charge in [0.05, 0.1) is 60.1 Å². The molecule has 1 unspecified atom stereocenters. The first-order chi connectivity index (χ1) is 33.4. The van der Waals surface area contributed by atoms with Crippen LogP contribution in [0, 0.1) is 5.41 Å². The Morgan fingerprint density at radius 2 is 1.69 bits per heavy atom. The van der Waals surface area contributed by atoms with Gasteiger partial charge in [0.2, 0.25) is 0 Å². The third-order valence-corrected chi connectivity index (χ3v) is 16.5. The van der Waals surface area contributed by atoms with Crippen LogP contribution >= 0.6 is 0 Å². The molecular formula is C56H70BN5O8. The minimum atomic E-state index is -0.897. The molecule has 1 amide bonds. The predicted octanol–water partition coefficient (Wildman–Crippen LogP) is 9.30. The van der Waals surface area contributed by atoms with Crippen LogP contribution in [0.15, 0.2) is 79.0 Å². The van der Waals surface area contributed by atoms with Gasteiger partial charge >= 0.3 is 19.2 Å². The molecule has 4 aliphatic heterocycles. The Hall–Kier alpha value is -5.09. The lowest BCUT2D eigenvalue weighted by Gasteiger charge is -2.56. The van der Waals surface area contributed by atoms with Crippen LogP contribution < -0.4 is 16.3 Å². The largest absolute Gasteiger partial charge is 0.494 e. The molecule has 5 aromatic rings. The van der Waals surface area contributed by atoms with Gasteiger partial charge in [-0.25, -0.2) is 10.2 Å². The predicted molar refractivity (Wildman–Crippen MR) is 272 cm³/mol. The minimum Gasteiger partial charge on any atom is -0.465 e. The number of rotatable bonds is 13. The van der Waals surface area contributed by atoms with Gasteiger partial charge in [0.25, 0.3) is 0 Å². The normalized spacial score (nSPS) is 24.4. The zero-order valence-corrected chi connectivity index (χ0v) is 42.4. The number of esters is 1. The zero-order chi connectivity index (χ0) is 49.3. The molecule has 13 nitrogen and oxygen atoms in total. The van der Waals surface area contributed by atoms with Crippen molar-refractivity contribution in [2.45, 2.75) is 147 Å². The third-order valence-electron chi connectivity index (χ3n) is 16.5. The number of hydrazine groups is 1. The smallest absolute Gasteiger partial charge is 0.465 e. The average molecular weight is 952 g/mol. The van der Waals surface area contributed by atoms with Crippen molar-refractivity contribution in [2.75, 3.05) is 33.5 Å². The second-order valence-corrected chi connectivity index (χ2v) is 22.3. The second-order valence-electron chi connectivity index (χ2n) is 22.3. The Balaban J connectivity index is 1.08. The van der Waals surface area contributed by atoms with E-state index in [-0.39, 0.29) is 36.6 Å². The summed E-state index contributed by atoms with van der Waals surface area (Å²) < 4.78 is 34.3. The van der Waals surface area contributed by atoms with Gasteiger partial charge in [-0.3, -0.25) is 20.1 Å². The highest BCUT2D eigenvalue weighted by molar-refractivity contribution is 6.62. The van der Waals surface area contributed by atoms with Gasteiger partial charge in [0.15, 0.2) is 0 Å². The van der Waals surface area contributed by atoms with Crippen molar-refractivity contribution in [3.8, 4) is 22.4 Å². The third kappa shape index (κ3) is 8.55. The van der Waals surface area contributed by atoms with Crippen LogP contribution in [0.25, 0.3) is 33.3 Å². The minimum absolute atomic E-state index is 0.00818. The fraction of sp³-hybridized carbons (Fsp3) is 0.518. The zero-order valence-electron chi connectivity index (χ0n) is 42.4. The summed E-state index contributed by atoms with van der Waals surface area (Å²) in [6.45, 7) is 19.2. The van der Waals surface area contributed by atoms with E-state index in [2.05, 4.69) is 137 Å². The lowest BCUT2D eigenvalue weighted by molar-refractivity contribution is -0.150. The van der Waals surface area contributed by atoms with Crippen LogP contribution in [-0.4, -0.2) is 101 Å². The van der Waals surface area contributed by atoms with Gasteiger partial charge in [-0.15, -0.1) is 0 Å². The van der Waals surface area contributed by atoms with Gasteiger partial charge in [0.1, 0.15) is 6.04 Å². The molecule has 3 aromatic carbocycles. The lowest BCUT2D eigenvalue weighted by atomic mass is 9.69. The number of nitrogens with one attached hydrogen (secondary N) is 2. The lowest BCUT2D eigenvalue weighted by Crippen LogP contribution is -2.67. The van der Waals surface area contributed by atoms with E-state index in [0.717, 1.165) is 63.8 Å². The van der Waals surface area contributed by atoms with Crippen molar-refractivity contribution in [3.05, 3.63) is 107 Å². The van der Waals surface area contributed by atoms with Crippen molar-refractivity contribution in [1.82, 2.24) is 25.3 Å². The number of aromatic nitrogens is 2. The standard InChI is InChI=1S/C56H70BN5O8/c1-10-61-48-22-21-37(57-69-54(5,6)55(7,8)70-57)26-43(48)46(28-53(3,4)32-68-51(63)47-20-15-23-59-60-47)50(61)44-25-36(30-58-49(44)34(2)66-9)35-24-38-31-67-33-56(27-35,62(38)52(64)65)29-45-41-18-13-11-16-39(41)40-17-12-14-19-42(40)45/h11-14,16-19,21-22,25-26,30,34-35,38,45,47,59-60H,10,15,20,23-24,27-29,31-33H2,1-9H3,(H,64,65)/t34-,35+,38-,47?,56+/m0/s1. The molecule has 3 N–H and O–H groups in total. The molecule has 70 heavy (non-hydrogen) atoms. The van der Waals surface area contributed by atoms with Gasteiger partial charge < -0.3 is 33.2 Å². The maximum absolute atomic E-state index is 13.5. The fourth-order valence-corrected chi connectivity index (χ4v) is 12.3. The number of amides is 1. The fourth-order valence-electron chi connectivity index (χ4n) is 12.3. The van der Waals surface area contributed by atoms with Crippen molar-refractivity contribution < 1.29 is 38.2 Å². The van der Waals surface area contributed by atoms with Crippen LogP contribution in [0.2, 0.25) is 0 Å². The number of methoxy groups -OCH3 is 1. The molecule has 0 spiro atoms. The molecule has 6 heterocycles. The van der Waals surface area contributed by atoms with E-state index in [0.29, 0.717) is 45.4 Å². The van der Waals surface area contributed by atoms with Crippen molar-refractivity contribution >= 4 is 35.5 Å². The maximum Gasteiger partial charge on any atom is 0.494 e. The van der Waals surface area contributed by atoms with Crippen LogP contribution in [0.5, 0.6) is 0 Å². The Morgan fingerprint density at radius 1 is 0.986 bits per heavy atom. The molecule has 10 rings (SSSR count). The number of hydrogen-bond acceptors (Lipinski definition) is 10. The number of hydrogen-bond donors (Lipinski definition) is 3. The van der Waals surface area contributed by atoms with Gasteiger partial charge in [-0.05, 0) is 137 Å². The van der Waals surface area contributed by atoms with E-state index in [1.54, 1.807) is 12.0 Å². The highest BCUT2D eigenvalue weighted by Crippen LogP contribution is 2.54. The highest BCUT2D eigenvalue weighted by Gasteiger charge is 2.55. The van der Waals surface area contributed by atoms with E-state index < -0.39 is 41.4 Å². The molecule has 2 aromatic heterocycles. The molecule has 370 valence electrons. The molecule has 5 aliphatic rings. The summed E-state index contributed by atoms with van der Waals surface area (Å²) in [5, 5.41) is 12.1. The topological polar surface area (TPSA) is 146 Å². The van der Waals surface area contributed by atoms with E-state index in [4.69, 9.17) is 28.5 Å². The molecule has 2 bridgehead atoms. The van der Waals surface area contributed by atoms with Crippen LogP contribution in [0.3, 0.4) is 0 Å². The van der Waals surface area contributed by atoms with Crippen molar-refractivity contribution in [3.63, 3.8) is 0 Å². The molecular weight excluding hydrogens is 881 g/mol. The summed E-state index contributed by atoms with van der Waals surface area (Å²) in [7, 11) is 1.16. The number of aryl methyl sites for hydroxylation is 1. The Bertz CT molecular complexity index is 2740. The monoisotopic (exact) mass is 952 g/mol. The molecule has 1 aliphatic carbocycles. The Kier molecular flexibility index (Phi) is 12.8. The maximum atomic E-state index is 13.5. The number of nitrogens with zero attached hydrogens (tertiary/aromatic N) is 3.